The molecule has 0 saturated carbocycles. The highest BCUT2D eigenvalue weighted by molar-refractivity contribution is 6.34. The molecule has 1 N–H and O–H groups in total. The summed E-state index contributed by atoms with van der Waals surface area (Å²) in [5, 5.41) is 2.70. The van der Waals surface area contributed by atoms with Crippen LogP contribution < -0.4 is 5.32 Å². The lowest BCUT2D eigenvalue weighted by Gasteiger charge is -2.45. The molecular formula is C29H41FN4O5. The molecular weight excluding hydrogens is 503 g/mol. The van der Waals surface area contributed by atoms with E-state index >= 15 is 0 Å². The van der Waals surface area contributed by atoms with E-state index in [0.717, 1.165) is 5.56 Å². The molecule has 2 rings (SSSR count). The maximum absolute atomic E-state index is 13.1. The normalized spacial score (nSPS) is 19.5. The van der Waals surface area contributed by atoms with E-state index in [-0.39, 0.29) is 43.1 Å². The smallest absolute Gasteiger partial charge is 0.312 e. The van der Waals surface area contributed by atoms with Gasteiger partial charge in [0.25, 0.3) is 5.91 Å². The Labute approximate surface area is 230 Å². The molecule has 0 aromatic heterocycles. The van der Waals surface area contributed by atoms with E-state index in [1.807, 2.05) is 13.8 Å². The van der Waals surface area contributed by atoms with Crippen LogP contribution in [-0.2, 0) is 30.5 Å². The maximum atomic E-state index is 13.1. The molecule has 9 nitrogen and oxygen atoms in total. The van der Waals surface area contributed by atoms with Crippen molar-refractivity contribution in [2.75, 3.05) is 33.8 Å². The number of hydrogen-bond donors (Lipinski definition) is 1. The molecule has 0 radical (unpaired) electrons. The molecule has 2 atom stereocenters. The monoisotopic (exact) mass is 544 g/mol. The van der Waals surface area contributed by atoms with Gasteiger partial charge in [-0.25, -0.2) is 4.39 Å². The van der Waals surface area contributed by atoms with Gasteiger partial charge in [0.15, 0.2) is 0 Å². The minimum Gasteiger partial charge on any atom is -0.374 e. The highest BCUT2D eigenvalue weighted by atomic mass is 19.1. The van der Waals surface area contributed by atoms with E-state index in [9.17, 15) is 23.6 Å². The van der Waals surface area contributed by atoms with Crippen molar-refractivity contribution >= 4 is 23.6 Å². The van der Waals surface area contributed by atoms with E-state index in [2.05, 4.69) is 5.32 Å². The van der Waals surface area contributed by atoms with Crippen molar-refractivity contribution in [1.82, 2.24) is 20.0 Å². The molecule has 2 unspecified atom stereocenters. The largest absolute Gasteiger partial charge is 0.374 e. The third-order valence-corrected chi connectivity index (χ3v) is 6.62. The number of hydrogen-bond acceptors (Lipinski definition) is 5. The van der Waals surface area contributed by atoms with Crippen LogP contribution in [0.1, 0.15) is 52.5 Å². The number of halogens is 1. The first-order valence-electron chi connectivity index (χ1n) is 13.2. The van der Waals surface area contributed by atoms with Crippen LogP contribution in [0.3, 0.4) is 0 Å². The lowest BCUT2D eigenvalue weighted by atomic mass is 9.89. The molecule has 0 bridgehead atoms. The molecule has 1 aliphatic rings. The number of amides is 4. The van der Waals surface area contributed by atoms with Gasteiger partial charge >= 0.3 is 11.8 Å². The molecule has 1 aromatic rings. The topological polar surface area (TPSA) is 99.3 Å². The van der Waals surface area contributed by atoms with Crippen molar-refractivity contribution in [1.29, 1.82) is 0 Å². The summed E-state index contributed by atoms with van der Waals surface area (Å²) in [6.45, 7) is 8.42. The van der Waals surface area contributed by atoms with Crippen LogP contribution >= 0.6 is 0 Å². The lowest BCUT2D eigenvalue weighted by Crippen LogP contribution is -2.59. The fourth-order valence-corrected chi connectivity index (χ4v) is 4.37. The van der Waals surface area contributed by atoms with Crippen LogP contribution in [-0.4, -0.2) is 83.8 Å². The van der Waals surface area contributed by atoms with Crippen LogP contribution in [0.15, 0.2) is 48.2 Å². The van der Waals surface area contributed by atoms with Gasteiger partial charge in [0.05, 0.1) is 24.8 Å². The molecule has 0 spiro atoms. The van der Waals surface area contributed by atoms with Crippen LogP contribution in [0, 0.1) is 5.82 Å². The third-order valence-electron chi connectivity index (χ3n) is 6.62. The van der Waals surface area contributed by atoms with Crippen LogP contribution in [0.5, 0.6) is 0 Å². The predicted molar refractivity (Wildman–Crippen MR) is 147 cm³/mol. The average Bonchev–Trinajstić information content (AvgIpc) is 2.91. The predicted octanol–water partition coefficient (Wildman–Crippen LogP) is 3.01. The zero-order valence-corrected chi connectivity index (χ0v) is 23.8. The van der Waals surface area contributed by atoms with E-state index in [0.29, 0.717) is 25.8 Å². The van der Waals surface area contributed by atoms with Gasteiger partial charge in [-0.3, -0.25) is 19.2 Å². The van der Waals surface area contributed by atoms with Gasteiger partial charge in [-0.1, -0.05) is 25.1 Å². The zero-order chi connectivity index (χ0) is 29.2. The number of benzene rings is 1. The van der Waals surface area contributed by atoms with Gasteiger partial charge in [0.2, 0.25) is 5.91 Å². The molecule has 10 heteroatoms. The molecule has 1 aromatic carbocycles. The summed E-state index contributed by atoms with van der Waals surface area (Å²) in [4.78, 5) is 55.1. The Morgan fingerprint density at radius 3 is 2.33 bits per heavy atom. The first-order chi connectivity index (χ1) is 18.4. The summed E-state index contributed by atoms with van der Waals surface area (Å²) in [5.41, 5.74) is 0.361. The van der Waals surface area contributed by atoms with Crippen molar-refractivity contribution in [3.8, 4) is 0 Å². The fourth-order valence-electron chi connectivity index (χ4n) is 4.37. The van der Waals surface area contributed by atoms with Crippen molar-refractivity contribution < 1.29 is 28.3 Å². The molecule has 1 heterocycles. The summed E-state index contributed by atoms with van der Waals surface area (Å²) in [7, 11) is 3.11. The van der Waals surface area contributed by atoms with Gasteiger partial charge in [-0.2, -0.15) is 0 Å². The van der Waals surface area contributed by atoms with Crippen LogP contribution in [0.4, 0.5) is 4.39 Å². The Morgan fingerprint density at radius 2 is 1.79 bits per heavy atom. The first kappa shape index (κ1) is 31.7. The molecule has 4 amide bonds. The van der Waals surface area contributed by atoms with Gasteiger partial charge in [-0.05, 0) is 57.7 Å². The quantitative estimate of drug-likeness (QED) is 0.361. The molecule has 39 heavy (non-hydrogen) atoms. The second-order valence-electron chi connectivity index (χ2n) is 10.2. The number of ether oxygens (including phenoxy) is 1. The fraction of sp³-hybridized carbons (Fsp3) is 0.517. The van der Waals surface area contributed by atoms with Gasteiger partial charge in [0.1, 0.15) is 5.82 Å². The summed E-state index contributed by atoms with van der Waals surface area (Å²) >= 11 is 0. The average molecular weight is 545 g/mol. The summed E-state index contributed by atoms with van der Waals surface area (Å²) < 4.78 is 19.2. The standard InChI is InChI=1S/C29H41FN4O5/c1-7-15-33(26(36)21(3)17-25(35)31-18-22-9-11-23(30)12-10-22)19-24-13-14-29(4,20-39-24)34(16-8-2)28(38)27(37)32(5)6/h7,9-12,15,17,24H,8,13-14,16,18-20H2,1-6H3,(H,31,35). The highest BCUT2D eigenvalue weighted by Crippen LogP contribution is 2.30. The number of carbonyl (C=O) groups excluding carboxylic acids is 4. The SMILES string of the molecule is CC=CN(CC1CCC(C)(N(CCC)C(=O)C(=O)N(C)C)CO1)C(=O)C(C)=CC(=O)NCc1ccc(F)cc1. The zero-order valence-electron chi connectivity index (χ0n) is 23.8. The van der Waals surface area contributed by atoms with Crippen molar-refractivity contribution in [2.24, 2.45) is 0 Å². The summed E-state index contributed by atoms with van der Waals surface area (Å²) in [5.74, 6) is -2.23. The second kappa shape index (κ2) is 14.6. The molecule has 1 fully saturated rings. The van der Waals surface area contributed by atoms with Crippen molar-refractivity contribution in [2.45, 2.75) is 65.1 Å². The van der Waals surface area contributed by atoms with E-state index < -0.39 is 23.3 Å². The van der Waals surface area contributed by atoms with Crippen LogP contribution in [0.2, 0.25) is 0 Å². The first-order valence-corrected chi connectivity index (χ1v) is 13.2. The van der Waals surface area contributed by atoms with Gasteiger partial charge in [-0.15, -0.1) is 0 Å². The molecule has 0 aliphatic carbocycles. The number of carbonyl (C=O) groups is 4. The van der Waals surface area contributed by atoms with Crippen LogP contribution in [0.25, 0.3) is 0 Å². The number of nitrogens with one attached hydrogen (secondary N) is 1. The van der Waals surface area contributed by atoms with Crippen molar-refractivity contribution in [3.05, 3.63) is 59.6 Å². The maximum Gasteiger partial charge on any atom is 0.312 e. The van der Waals surface area contributed by atoms with Gasteiger partial charge < -0.3 is 24.8 Å². The molecule has 214 valence electrons. The lowest BCUT2D eigenvalue weighted by molar-refractivity contribution is -0.160. The van der Waals surface area contributed by atoms with Crippen molar-refractivity contribution in [3.63, 3.8) is 0 Å². The summed E-state index contributed by atoms with van der Waals surface area (Å²) in [6, 6.07) is 5.80. The number of nitrogens with zero attached hydrogens (tertiary/aromatic N) is 3. The number of likely N-dealkylation sites (N-methyl/N-ethyl adjacent to an activating group) is 1. The van der Waals surface area contributed by atoms with E-state index in [1.54, 1.807) is 57.3 Å². The molecule has 1 saturated heterocycles. The Kier molecular flexibility index (Phi) is 11.8. The number of rotatable bonds is 10. The van der Waals surface area contributed by atoms with E-state index in [4.69, 9.17) is 4.74 Å². The Hall–Kier alpha value is -3.53. The minimum absolute atomic E-state index is 0.210. The summed E-state index contributed by atoms with van der Waals surface area (Å²) in [6.07, 6.45) is 6.26. The minimum atomic E-state index is -0.636. The third kappa shape index (κ3) is 9.02. The Bertz CT molecular complexity index is 1080. The van der Waals surface area contributed by atoms with E-state index in [1.165, 1.54) is 28.0 Å². The highest BCUT2D eigenvalue weighted by Gasteiger charge is 2.42. The number of allylic oxidation sites excluding steroid dienone is 1. The second-order valence-corrected chi connectivity index (χ2v) is 10.2. The van der Waals surface area contributed by atoms with Gasteiger partial charge in [0, 0.05) is 45.0 Å². The molecule has 1 aliphatic heterocycles. The Morgan fingerprint density at radius 1 is 1.13 bits per heavy atom. The Balaban J connectivity index is 2.01.